The fourth-order valence-corrected chi connectivity index (χ4v) is 2.96. The summed E-state index contributed by atoms with van der Waals surface area (Å²) in [5.41, 5.74) is 0.632. The third kappa shape index (κ3) is 2.31. The molecule has 1 atom stereocenters. The lowest BCUT2D eigenvalue weighted by atomic mass is 10.2. The van der Waals surface area contributed by atoms with Crippen molar-refractivity contribution in [3.8, 4) is 0 Å². The van der Waals surface area contributed by atoms with Crippen molar-refractivity contribution in [1.29, 1.82) is 0 Å². The van der Waals surface area contributed by atoms with Gasteiger partial charge in [0.05, 0.1) is 0 Å². The Hall–Kier alpha value is -1.03. The van der Waals surface area contributed by atoms with Gasteiger partial charge in [0.25, 0.3) is 0 Å². The Bertz CT molecular complexity index is 333. The minimum Gasteiger partial charge on any atom is -0.356 e. The summed E-state index contributed by atoms with van der Waals surface area (Å²) in [6.07, 6.45) is 3.67. The van der Waals surface area contributed by atoms with E-state index in [2.05, 4.69) is 16.9 Å². The van der Waals surface area contributed by atoms with Gasteiger partial charge in [0.15, 0.2) is 6.29 Å². The summed E-state index contributed by atoms with van der Waals surface area (Å²) in [7, 11) is 2.07. The van der Waals surface area contributed by atoms with E-state index in [0.717, 1.165) is 12.1 Å². The number of pyridine rings is 1. The number of hydrogen-bond acceptors (Lipinski definition) is 4. The quantitative estimate of drug-likeness (QED) is 0.731. The van der Waals surface area contributed by atoms with Crippen molar-refractivity contribution in [2.24, 2.45) is 0 Å². The topological polar surface area (TPSA) is 33.2 Å². The van der Waals surface area contributed by atoms with Crippen molar-refractivity contribution in [3.05, 3.63) is 23.9 Å². The third-order valence-electron chi connectivity index (χ3n) is 2.72. The first-order valence-electron chi connectivity index (χ1n) is 5.03. The van der Waals surface area contributed by atoms with Gasteiger partial charge in [0.2, 0.25) is 0 Å². The van der Waals surface area contributed by atoms with Crippen molar-refractivity contribution in [2.75, 3.05) is 23.5 Å². The van der Waals surface area contributed by atoms with Gasteiger partial charge in [-0.3, -0.25) is 4.79 Å². The molecule has 15 heavy (non-hydrogen) atoms. The molecule has 0 saturated carbocycles. The molecule has 1 aromatic rings. The molecule has 1 saturated heterocycles. The number of rotatable bonds is 3. The monoisotopic (exact) mass is 222 g/mol. The second kappa shape index (κ2) is 4.66. The summed E-state index contributed by atoms with van der Waals surface area (Å²) in [5, 5.41) is 0. The lowest BCUT2D eigenvalue weighted by Crippen LogP contribution is -2.31. The van der Waals surface area contributed by atoms with Crippen LogP contribution in [0.2, 0.25) is 0 Å². The summed E-state index contributed by atoms with van der Waals surface area (Å²) < 4.78 is 0. The molecule has 1 unspecified atom stereocenters. The number of nitrogens with zero attached hydrogens (tertiary/aromatic N) is 2. The summed E-state index contributed by atoms with van der Waals surface area (Å²) in [4.78, 5) is 17.0. The maximum atomic E-state index is 10.5. The van der Waals surface area contributed by atoms with Crippen LogP contribution in [0, 0.1) is 0 Å². The molecule has 1 aromatic heterocycles. The maximum Gasteiger partial charge on any atom is 0.151 e. The molecule has 80 valence electrons. The van der Waals surface area contributed by atoms with E-state index in [1.807, 2.05) is 23.9 Å². The highest BCUT2D eigenvalue weighted by atomic mass is 32.2. The Morgan fingerprint density at radius 2 is 2.47 bits per heavy atom. The molecule has 0 N–H and O–H groups in total. The van der Waals surface area contributed by atoms with Crippen molar-refractivity contribution in [3.63, 3.8) is 0 Å². The van der Waals surface area contributed by atoms with E-state index >= 15 is 0 Å². The van der Waals surface area contributed by atoms with Gasteiger partial charge < -0.3 is 4.90 Å². The van der Waals surface area contributed by atoms with E-state index in [4.69, 9.17) is 0 Å². The molecule has 3 nitrogen and oxygen atoms in total. The largest absolute Gasteiger partial charge is 0.356 e. The summed E-state index contributed by atoms with van der Waals surface area (Å²) >= 11 is 1.99. The number of thioether (sulfide) groups is 1. The molecule has 0 bridgehead atoms. The molecule has 0 aliphatic carbocycles. The molecule has 0 aromatic carbocycles. The van der Waals surface area contributed by atoms with Gasteiger partial charge in [-0.15, -0.1) is 0 Å². The molecule has 1 aliphatic rings. The molecular formula is C11H14N2OS. The van der Waals surface area contributed by atoms with Crippen molar-refractivity contribution < 1.29 is 4.79 Å². The molecule has 2 rings (SSSR count). The highest BCUT2D eigenvalue weighted by molar-refractivity contribution is 7.99. The standard InChI is InChI=1S/C11H14N2OS/c1-13(10-4-5-15-8-10)11-3-2-9(7-14)6-12-11/h2-3,6-7,10H,4-5,8H2,1H3. The first-order valence-corrected chi connectivity index (χ1v) is 6.18. The second-order valence-corrected chi connectivity index (χ2v) is 4.85. The Balaban J connectivity index is 2.10. The highest BCUT2D eigenvalue weighted by Crippen LogP contribution is 2.24. The Kier molecular flexibility index (Phi) is 3.26. The summed E-state index contributed by atoms with van der Waals surface area (Å²) in [6, 6.07) is 4.31. The van der Waals surface area contributed by atoms with E-state index in [1.54, 1.807) is 6.20 Å². The van der Waals surface area contributed by atoms with E-state index in [0.29, 0.717) is 11.6 Å². The van der Waals surface area contributed by atoms with Gasteiger partial charge in [-0.05, 0) is 24.3 Å². The van der Waals surface area contributed by atoms with Gasteiger partial charge in [0.1, 0.15) is 5.82 Å². The molecule has 1 aliphatic heterocycles. The zero-order valence-corrected chi connectivity index (χ0v) is 9.54. The highest BCUT2D eigenvalue weighted by Gasteiger charge is 2.20. The van der Waals surface area contributed by atoms with Crippen LogP contribution in [0.25, 0.3) is 0 Å². The first kappa shape index (κ1) is 10.5. The van der Waals surface area contributed by atoms with Crippen LogP contribution >= 0.6 is 11.8 Å². The fourth-order valence-electron chi connectivity index (χ4n) is 1.69. The van der Waals surface area contributed by atoms with Gasteiger partial charge >= 0.3 is 0 Å². The lowest BCUT2D eigenvalue weighted by Gasteiger charge is -2.24. The molecule has 4 heteroatoms. The predicted molar refractivity (Wildman–Crippen MR) is 63.8 cm³/mol. The Morgan fingerprint density at radius 3 is 3.00 bits per heavy atom. The normalized spacial score (nSPS) is 20.2. The SMILES string of the molecule is CN(c1ccc(C=O)cn1)C1CCSC1. The van der Waals surface area contributed by atoms with Crippen LogP contribution in [0.3, 0.4) is 0 Å². The van der Waals surface area contributed by atoms with Crippen LogP contribution < -0.4 is 4.90 Å². The van der Waals surface area contributed by atoms with E-state index in [9.17, 15) is 4.79 Å². The minimum absolute atomic E-state index is 0.588. The third-order valence-corrected chi connectivity index (χ3v) is 3.87. The van der Waals surface area contributed by atoms with Crippen molar-refractivity contribution >= 4 is 23.9 Å². The van der Waals surface area contributed by atoms with Gasteiger partial charge in [0, 0.05) is 30.6 Å². The molecule has 0 radical (unpaired) electrons. The number of anilines is 1. The average molecular weight is 222 g/mol. The zero-order valence-electron chi connectivity index (χ0n) is 8.72. The van der Waals surface area contributed by atoms with Crippen LogP contribution in [-0.2, 0) is 0 Å². The number of aromatic nitrogens is 1. The summed E-state index contributed by atoms with van der Waals surface area (Å²) in [6.45, 7) is 0. The number of carbonyl (C=O) groups is 1. The van der Waals surface area contributed by atoms with Gasteiger partial charge in [-0.25, -0.2) is 4.98 Å². The molecule has 1 fully saturated rings. The van der Waals surface area contributed by atoms with Crippen molar-refractivity contribution in [1.82, 2.24) is 4.98 Å². The second-order valence-electron chi connectivity index (χ2n) is 3.70. The number of hydrogen-bond donors (Lipinski definition) is 0. The maximum absolute atomic E-state index is 10.5. The molecule has 0 spiro atoms. The predicted octanol–water partition coefficient (Wildman–Crippen LogP) is 1.84. The molecule has 0 amide bonds. The number of aldehydes is 1. The summed E-state index contributed by atoms with van der Waals surface area (Å²) in [5.74, 6) is 3.36. The van der Waals surface area contributed by atoms with E-state index in [-0.39, 0.29) is 0 Å². The van der Waals surface area contributed by atoms with Gasteiger partial charge in [-0.2, -0.15) is 11.8 Å². The Labute approximate surface area is 93.9 Å². The number of carbonyl (C=O) groups excluding carboxylic acids is 1. The van der Waals surface area contributed by atoms with Gasteiger partial charge in [-0.1, -0.05) is 0 Å². The molecule has 2 heterocycles. The van der Waals surface area contributed by atoms with Crippen LogP contribution in [0.5, 0.6) is 0 Å². The fraction of sp³-hybridized carbons (Fsp3) is 0.455. The van der Waals surface area contributed by atoms with Crippen LogP contribution in [0.15, 0.2) is 18.3 Å². The Morgan fingerprint density at radius 1 is 1.60 bits per heavy atom. The van der Waals surface area contributed by atoms with Crippen LogP contribution in [-0.4, -0.2) is 35.9 Å². The first-order chi connectivity index (χ1) is 7.31. The van der Waals surface area contributed by atoms with Crippen molar-refractivity contribution in [2.45, 2.75) is 12.5 Å². The van der Waals surface area contributed by atoms with E-state index in [1.165, 1.54) is 17.9 Å². The van der Waals surface area contributed by atoms with E-state index < -0.39 is 0 Å². The van der Waals surface area contributed by atoms with Crippen LogP contribution in [0.1, 0.15) is 16.8 Å². The lowest BCUT2D eigenvalue weighted by molar-refractivity contribution is 0.112. The molecular weight excluding hydrogens is 208 g/mol. The van der Waals surface area contributed by atoms with Crippen LogP contribution in [0.4, 0.5) is 5.82 Å². The average Bonchev–Trinajstić information content (AvgIpc) is 2.82. The minimum atomic E-state index is 0.588. The zero-order chi connectivity index (χ0) is 10.7. The smallest absolute Gasteiger partial charge is 0.151 e.